The van der Waals surface area contributed by atoms with E-state index in [1.165, 1.54) is 0 Å². The van der Waals surface area contributed by atoms with Crippen molar-refractivity contribution in [2.24, 2.45) is 0 Å². The number of fused-ring (bicyclic) bond motifs is 1. The predicted molar refractivity (Wildman–Crippen MR) is 94.4 cm³/mol. The van der Waals surface area contributed by atoms with Crippen LogP contribution in [0, 0.1) is 13.8 Å². The molecular weight excluding hydrogens is 328 g/mol. The zero-order chi connectivity index (χ0) is 16.4. The van der Waals surface area contributed by atoms with Crippen molar-refractivity contribution in [2.45, 2.75) is 25.2 Å². The number of rotatable bonds is 5. The van der Waals surface area contributed by atoms with E-state index in [4.69, 9.17) is 0 Å². The highest BCUT2D eigenvalue weighted by Gasteiger charge is 2.16. The molecule has 6 heteroatoms. The summed E-state index contributed by atoms with van der Waals surface area (Å²) >= 11 is 1.60. The first-order valence-corrected chi connectivity index (χ1v) is 9.67. The molecule has 0 bridgehead atoms. The molecule has 4 nitrogen and oxygen atoms in total. The molecule has 0 saturated carbocycles. The smallest absolute Gasteiger partial charge is 0.240 e. The van der Waals surface area contributed by atoms with E-state index >= 15 is 0 Å². The third-order valence-electron chi connectivity index (χ3n) is 3.59. The highest BCUT2D eigenvalue weighted by atomic mass is 32.2. The van der Waals surface area contributed by atoms with Crippen LogP contribution in [0.1, 0.15) is 16.1 Å². The Morgan fingerprint density at radius 2 is 1.91 bits per heavy atom. The zero-order valence-corrected chi connectivity index (χ0v) is 14.7. The molecule has 0 unspecified atom stereocenters. The Morgan fingerprint density at radius 3 is 2.65 bits per heavy atom. The van der Waals surface area contributed by atoms with Crippen LogP contribution in [0.25, 0.3) is 10.2 Å². The van der Waals surface area contributed by atoms with Crippen LogP contribution in [-0.4, -0.2) is 19.9 Å². The topological polar surface area (TPSA) is 59.1 Å². The summed E-state index contributed by atoms with van der Waals surface area (Å²) in [5, 5.41) is 0.939. The lowest BCUT2D eigenvalue weighted by Gasteiger charge is -2.09. The molecule has 0 aliphatic heterocycles. The van der Waals surface area contributed by atoms with Gasteiger partial charge in [0.25, 0.3) is 0 Å². The maximum absolute atomic E-state index is 12.4. The van der Waals surface area contributed by atoms with Crippen LogP contribution >= 0.6 is 11.3 Å². The van der Waals surface area contributed by atoms with Crippen molar-refractivity contribution >= 4 is 31.6 Å². The Balaban J connectivity index is 1.69. The average molecular weight is 346 g/mol. The lowest BCUT2D eigenvalue weighted by Crippen LogP contribution is -2.26. The Morgan fingerprint density at radius 1 is 1.13 bits per heavy atom. The summed E-state index contributed by atoms with van der Waals surface area (Å²) in [7, 11) is -3.48. The van der Waals surface area contributed by atoms with E-state index < -0.39 is 10.0 Å². The fourth-order valence-corrected chi connectivity index (χ4v) is 4.72. The summed E-state index contributed by atoms with van der Waals surface area (Å²) in [6, 6.07) is 13.3. The SMILES string of the molecule is Cc1ccc(S(=O)(=O)NCCc2nc3ccccc3s2)c(C)c1. The summed E-state index contributed by atoms with van der Waals surface area (Å²) in [5.41, 5.74) is 2.78. The molecule has 1 aromatic heterocycles. The number of para-hydroxylation sites is 1. The Labute approximate surface area is 140 Å². The van der Waals surface area contributed by atoms with E-state index in [9.17, 15) is 8.42 Å². The summed E-state index contributed by atoms with van der Waals surface area (Å²) in [6.45, 7) is 4.11. The molecule has 0 amide bonds. The number of aromatic nitrogens is 1. The van der Waals surface area contributed by atoms with Gasteiger partial charge in [-0.05, 0) is 37.6 Å². The number of aryl methyl sites for hydroxylation is 2. The molecular formula is C17H18N2O2S2. The van der Waals surface area contributed by atoms with Gasteiger partial charge in [-0.1, -0.05) is 29.8 Å². The first-order valence-electron chi connectivity index (χ1n) is 7.37. The number of benzene rings is 2. The van der Waals surface area contributed by atoms with E-state index in [1.807, 2.05) is 50.2 Å². The lowest BCUT2D eigenvalue weighted by atomic mass is 10.2. The second-order valence-electron chi connectivity index (χ2n) is 5.49. The minimum absolute atomic E-state index is 0.340. The summed E-state index contributed by atoms with van der Waals surface area (Å²) in [5.74, 6) is 0. The van der Waals surface area contributed by atoms with Gasteiger partial charge >= 0.3 is 0 Å². The Bertz CT molecular complexity index is 913. The maximum atomic E-state index is 12.4. The highest BCUT2D eigenvalue weighted by molar-refractivity contribution is 7.89. The molecule has 1 heterocycles. The van der Waals surface area contributed by atoms with Crippen LogP contribution in [0.3, 0.4) is 0 Å². The molecule has 3 aromatic rings. The van der Waals surface area contributed by atoms with Crippen LogP contribution < -0.4 is 4.72 Å². The predicted octanol–water partition coefficient (Wildman–Crippen LogP) is 3.43. The molecule has 23 heavy (non-hydrogen) atoms. The number of nitrogens with one attached hydrogen (secondary N) is 1. The molecule has 0 aliphatic carbocycles. The Kier molecular flexibility index (Phi) is 4.48. The van der Waals surface area contributed by atoms with Crippen molar-refractivity contribution in [3.8, 4) is 0 Å². The third-order valence-corrected chi connectivity index (χ3v) is 6.31. The fourth-order valence-electron chi connectivity index (χ4n) is 2.50. The second kappa shape index (κ2) is 6.39. The van der Waals surface area contributed by atoms with Crippen LogP contribution in [0.5, 0.6) is 0 Å². The first-order chi connectivity index (χ1) is 11.0. The van der Waals surface area contributed by atoms with E-state index in [1.54, 1.807) is 17.4 Å². The van der Waals surface area contributed by atoms with Crippen LogP contribution in [-0.2, 0) is 16.4 Å². The lowest BCUT2D eigenvalue weighted by molar-refractivity contribution is 0.581. The van der Waals surface area contributed by atoms with Gasteiger partial charge in [-0.2, -0.15) is 0 Å². The minimum Gasteiger partial charge on any atom is -0.241 e. The van der Waals surface area contributed by atoms with Crippen LogP contribution in [0.2, 0.25) is 0 Å². The van der Waals surface area contributed by atoms with E-state index in [2.05, 4.69) is 9.71 Å². The van der Waals surface area contributed by atoms with Crippen molar-refractivity contribution in [3.63, 3.8) is 0 Å². The van der Waals surface area contributed by atoms with Crippen LogP contribution in [0.15, 0.2) is 47.4 Å². The van der Waals surface area contributed by atoms with Gasteiger partial charge in [-0.25, -0.2) is 18.1 Å². The van der Waals surface area contributed by atoms with Gasteiger partial charge in [0, 0.05) is 13.0 Å². The molecule has 3 rings (SSSR count). The fraction of sp³-hybridized carbons (Fsp3) is 0.235. The van der Waals surface area contributed by atoms with Gasteiger partial charge in [0.1, 0.15) is 0 Å². The molecule has 0 spiro atoms. The molecule has 2 aromatic carbocycles. The van der Waals surface area contributed by atoms with Gasteiger partial charge in [0.2, 0.25) is 10.0 Å². The van der Waals surface area contributed by atoms with E-state index in [0.29, 0.717) is 17.9 Å². The van der Waals surface area contributed by atoms with Crippen molar-refractivity contribution in [2.75, 3.05) is 6.54 Å². The van der Waals surface area contributed by atoms with Crippen molar-refractivity contribution in [1.82, 2.24) is 9.71 Å². The number of sulfonamides is 1. The highest BCUT2D eigenvalue weighted by Crippen LogP contribution is 2.22. The average Bonchev–Trinajstić information content (AvgIpc) is 2.89. The summed E-state index contributed by atoms with van der Waals surface area (Å²) < 4.78 is 28.6. The molecule has 0 fully saturated rings. The number of hydrogen-bond acceptors (Lipinski definition) is 4. The third kappa shape index (κ3) is 3.60. The normalized spacial score (nSPS) is 11.9. The molecule has 120 valence electrons. The van der Waals surface area contributed by atoms with Crippen molar-refractivity contribution < 1.29 is 8.42 Å². The van der Waals surface area contributed by atoms with E-state index in [-0.39, 0.29) is 0 Å². The van der Waals surface area contributed by atoms with Crippen molar-refractivity contribution in [3.05, 3.63) is 58.6 Å². The van der Waals surface area contributed by atoms with Crippen LogP contribution in [0.4, 0.5) is 0 Å². The van der Waals surface area contributed by atoms with Gasteiger partial charge in [0.15, 0.2) is 0 Å². The first kappa shape index (κ1) is 16.1. The maximum Gasteiger partial charge on any atom is 0.240 e. The monoisotopic (exact) mass is 346 g/mol. The molecule has 1 N–H and O–H groups in total. The molecule has 0 radical (unpaired) electrons. The summed E-state index contributed by atoms with van der Waals surface area (Å²) in [4.78, 5) is 4.86. The number of nitrogens with zero attached hydrogens (tertiary/aromatic N) is 1. The van der Waals surface area contributed by atoms with Crippen molar-refractivity contribution in [1.29, 1.82) is 0 Å². The largest absolute Gasteiger partial charge is 0.241 e. The van der Waals surface area contributed by atoms with E-state index in [0.717, 1.165) is 26.4 Å². The van der Waals surface area contributed by atoms with Gasteiger partial charge in [-0.3, -0.25) is 0 Å². The number of hydrogen-bond donors (Lipinski definition) is 1. The van der Waals surface area contributed by atoms with Gasteiger partial charge in [0.05, 0.1) is 20.1 Å². The van der Waals surface area contributed by atoms with Gasteiger partial charge < -0.3 is 0 Å². The molecule has 0 saturated heterocycles. The second-order valence-corrected chi connectivity index (χ2v) is 8.34. The quantitative estimate of drug-likeness (QED) is 0.770. The minimum atomic E-state index is -3.48. The summed E-state index contributed by atoms with van der Waals surface area (Å²) in [6.07, 6.45) is 0.587. The molecule has 0 aliphatic rings. The van der Waals surface area contributed by atoms with Gasteiger partial charge in [-0.15, -0.1) is 11.3 Å². The standard InChI is InChI=1S/C17H18N2O2S2/c1-12-7-8-16(13(2)11-12)23(20,21)18-10-9-17-19-14-5-3-4-6-15(14)22-17/h3-8,11,18H,9-10H2,1-2H3. The Hall–Kier alpha value is -1.76. The zero-order valence-electron chi connectivity index (χ0n) is 13.0. The number of thiazole rings is 1. The molecule has 0 atom stereocenters.